The second kappa shape index (κ2) is 8.32. The molecule has 5 rings (SSSR count). The van der Waals surface area contributed by atoms with E-state index in [0.29, 0.717) is 0 Å². The Morgan fingerprint density at radius 2 is 0.621 bits per heavy atom. The molecule has 0 unspecified atom stereocenters. The fraction of sp³-hybridized carbons (Fsp3) is 0. The van der Waals surface area contributed by atoms with Gasteiger partial charge in [-0.1, -0.05) is 48.5 Å². The van der Waals surface area contributed by atoms with E-state index in [4.69, 9.17) is 0 Å². The van der Waals surface area contributed by atoms with Crippen LogP contribution in [0.25, 0.3) is 41.8 Å². The lowest BCUT2D eigenvalue weighted by Gasteiger charge is -2.02. The lowest BCUT2D eigenvalue weighted by atomic mass is 10.1. The zero-order valence-corrected chi connectivity index (χ0v) is 20.7. The van der Waals surface area contributed by atoms with E-state index in [9.17, 15) is 0 Å². The largest absolute Gasteiger partial charge is 0.135 e. The number of hydrogen-bond donors (Lipinski definition) is 0. The number of benzene rings is 2. The summed E-state index contributed by atoms with van der Waals surface area (Å²) in [6.45, 7) is 0. The minimum Gasteiger partial charge on any atom is -0.135 e. The number of thiophene rings is 3. The van der Waals surface area contributed by atoms with Gasteiger partial charge in [-0.15, -0.1) is 34.0 Å². The van der Waals surface area contributed by atoms with Crippen LogP contribution in [-0.4, -0.2) is 0 Å². The quantitative estimate of drug-likeness (QED) is 0.206. The molecule has 2 aromatic carbocycles. The van der Waals surface area contributed by atoms with Crippen molar-refractivity contribution in [3.05, 3.63) is 92.5 Å². The highest BCUT2D eigenvalue weighted by Gasteiger charge is 2.08. The average molecular weight is 558 g/mol. The minimum atomic E-state index is 1.16. The predicted molar refractivity (Wildman–Crippen MR) is 137 cm³/mol. The van der Waals surface area contributed by atoms with E-state index < -0.39 is 0 Å². The highest BCUT2D eigenvalue weighted by atomic mass is 79.9. The van der Waals surface area contributed by atoms with E-state index in [0.717, 1.165) is 7.57 Å². The number of hydrogen-bond acceptors (Lipinski definition) is 3. The summed E-state index contributed by atoms with van der Waals surface area (Å²) in [4.78, 5) is 5.16. The Hall–Kier alpha value is -1.50. The Bertz CT molecular complexity index is 1160. The third-order valence-corrected chi connectivity index (χ3v) is 9.19. The molecular formula is C24H14Br2S3. The van der Waals surface area contributed by atoms with Crippen molar-refractivity contribution in [3.63, 3.8) is 0 Å². The molecule has 0 aliphatic carbocycles. The van der Waals surface area contributed by atoms with Crippen molar-refractivity contribution in [2.45, 2.75) is 0 Å². The molecule has 29 heavy (non-hydrogen) atoms. The molecular weight excluding hydrogens is 544 g/mol. The van der Waals surface area contributed by atoms with Crippen LogP contribution < -0.4 is 0 Å². The number of halogens is 2. The Morgan fingerprint density at radius 1 is 0.345 bits per heavy atom. The first kappa shape index (κ1) is 19.5. The van der Waals surface area contributed by atoms with Gasteiger partial charge in [0.15, 0.2) is 0 Å². The van der Waals surface area contributed by atoms with Gasteiger partial charge < -0.3 is 0 Å². The van der Waals surface area contributed by atoms with E-state index in [1.165, 1.54) is 41.8 Å². The van der Waals surface area contributed by atoms with Crippen molar-refractivity contribution in [1.82, 2.24) is 0 Å². The van der Waals surface area contributed by atoms with Gasteiger partial charge in [0.25, 0.3) is 0 Å². The van der Waals surface area contributed by atoms with E-state index in [1.807, 2.05) is 11.3 Å². The second-order valence-electron chi connectivity index (χ2n) is 6.53. The van der Waals surface area contributed by atoms with Crippen LogP contribution >= 0.6 is 65.9 Å². The molecule has 5 heteroatoms. The van der Waals surface area contributed by atoms with E-state index in [2.05, 4.69) is 117 Å². The van der Waals surface area contributed by atoms with Gasteiger partial charge in [-0.3, -0.25) is 0 Å². The molecule has 0 amide bonds. The van der Waals surface area contributed by atoms with Crippen LogP contribution in [0.1, 0.15) is 0 Å². The molecule has 0 bridgehead atoms. The fourth-order valence-corrected chi connectivity index (χ4v) is 6.98. The molecule has 3 aromatic heterocycles. The normalized spacial score (nSPS) is 11.1. The van der Waals surface area contributed by atoms with Crippen molar-refractivity contribution in [2.75, 3.05) is 0 Å². The SMILES string of the molecule is Brc1ccc(-c2ccc(-c3ccc(-c4ccc(-c5ccc(Br)s5)cc4)s3)cc2)s1. The van der Waals surface area contributed by atoms with Crippen LogP contribution in [0.2, 0.25) is 0 Å². The standard InChI is InChI=1S/C24H14Br2S3/c25-23-13-11-21(28-23)17-5-1-15(2-6-17)19-9-10-20(27-19)16-3-7-18(8-4-16)22-12-14-24(26)29-22/h1-14H. The van der Waals surface area contributed by atoms with Crippen molar-refractivity contribution < 1.29 is 0 Å². The molecule has 0 fully saturated rings. The van der Waals surface area contributed by atoms with Crippen LogP contribution in [0.4, 0.5) is 0 Å². The molecule has 0 saturated carbocycles. The van der Waals surface area contributed by atoms with Crippen molar-refractivity contribution >= 4 is 65.9 Å². The number of rotatable bonds is 4. The first-order valence-corrected chi connectivity index (χ1v) is 13.0. The van der Waals surface area contributed by atoms with Gasteiger partial charge >= 0.3 is 0 Å². The summed E-state index contributed by atoms with van der Waals surface area (Å²) in [5.41, 5.74) is 5.05. The maximum Gasteiger partial charge on any atom is 0.0705 e. The van der Waals surface area contributed by atoms with Crippen LogP contribution in [0.5, 0.6) is 0 Å². The van der Waals surface area contributed by atoms with Gasteiger partial charge in [-0.05, 0) is 90.5 Å². The third kappa shape index (κ3) is 4.21. The summed E-state index contributed by atoms with van der Waals surface area (Å²) in [5, 5.41) is 0. The molecule has 0 saturated heterocycles. The molecule has 142 valence electrons. The third-order valence-electron chi connectivity index (χ3n) is 4.66. The molecule has 0 N–H and O–H groups in total. The minimum absolute atomic E-state index is 1.16. The smallest absolute Gasteiger partial charge is 0.0705 e. The summed E-state index contributed by atoms with van der Waals surface area (Å²) in [7, 11) is 0. The van der Waals surface area contributed by atoms with Crippen LogP contribution in [0.15, 0.2) is 92.5 Å². The van der Waals surface area contributed by atoms with E-state index >= 15 is 0 Å². The molecule has 3 heterocycles. The first-order chi connectivity index (χ1) is 14.2. The van der Waals surface area contributed by atoms with Crippen LogP contribution in [-0.2, 0) is 0 Å². The summed E-state index contributed by atoms with van der Waals surface area (Å²) in [5.74, 6) is 0. The zero-order valence-electron chi connectivity index (χ0n) is 15.1. The lowest BCUT2D eigenvalue weighted by molar-refractivity contribution is 1.68. The Morgan fingerprint density at radius 3 is 0.897 bits per heavy atom. The first-order valence-electron chi connectivity index (χ1n) is 8.98. The highest BCUT2D eigenvalue weighted by molar-refractivity contribution is 9.11. The molecule has 0 spiro atoms. The van der Waals surface area contributed by atoms with Crippen molar-refractivity contribution in [3.8, 4) is 41.8 Å². The van der Waals surface area contributed by atoms with Gasteiger partial charge in [0.1, 0.15) is 0 Å². The molecule has 0 nitrogen and oxygen atoms in total. The summed E-state index contributed by atoms with van der Waals surface area (Å²) in [6, 6.07) is 30.7. The van der Waals surface area contributed by atoms with Gasteiger partial charge in [-0.2, -0.15) is 0 Å². The zero-order chi connectivity index (χ0) is 19.8. The Labute approximate surface area is 198 Å². The van der Waals surface area contributed by atoms with E-state index in [-0.39, 0.29) is 0 Å². The summed E-state index contributed by atoms with van der Waals surface area (Å²) < 4.78 is 2.33. The molecule has 0 atom stereocenters. The Kier molecular flexibility index (Phi) is 5.59. The Balaban J connectivity index is 1.37. The molecule has 0 aliphatic rings. The summed E-state index contributed by atoms with van der Waals surface area (Å²) in [6.07, 6.45) is 0. The lowest BCUT2D eigenvalue weighted by Crippen LogP contribution is -1.75. The second-order valence-corrected chi connectivity index (χ2v) is 12.5. The maximum absolute atomic E-state index is 3.54. The van der Waals surface area contributed by atoms with Gasteiger partial charge in [0.2, 0.25) is 0 Å². The topological polar surface area (TPSA) is 0 Å². The van der Waals surface area contributed by atoms with Crippen molar-refractivity contribution in [2.24, 2.45) is 0 Å². The van der Waals surface area contributed by atoms with Crippen molar-refractivity contribution in [1.29, 1.82) is 0 Å². The summed E-state index contributed by atoms with van der Waals surface area (Å²) >= 11 is 12.5. The fourth-order valence-electron chi connectivity index (χ4n) is 3.18. The monoisotopic (exact) mass is 556 g/mol. The maximum atomic E-state index is 3.54. The predicted octanol–water partition coefficient (Wildman–Crippen LogP) is 10.1. The van der Waals surface area contributed by atoms with Gasteiger partial charge in [-0.25, -0.2) is 0 Å². The molecule has 5 aromatic rings. The van der Waals surface area contributed by atoms with Crippen LogP contribution in [0, 0.1) is 0 Å². The average Bonchev–Trinajstić information content (AvgIpc) is 3.49. The molecule has 0 radical (unpaired) electrons. The van der Waals surface area contributed by atoms with Crippen LogP contribution in [0.3, 0.4) is 0 Å². The van der Waals surface area contributed by atoms with E-state index in [1.54, 1.807) is 22.7 Å². The highest BCUT2D eigenvalue weighted by Crippen LogP contribution is 2.38. The molecule has 0 aliphatic heterocycles. The van der Waals surface area contributed by atoms with Gasteiger partial charge in [0, 0.05) is 19.5 Å². The van der Waals surface area contributed by atoms with Gasteiger partial charge in [0.05, 0.1) is 7.57 Å².